The highest BCUT2D eigenvalue weighted by atomic mass is 16.1. The number of benzene rings is 1. The Morgan fingerprint density at radius 3 is 2.61 bits per heavy atom. The van der Waals surface area contributed by atoms with Gasteiger partial charge >= 0.3 is 0 Å². The first kappa shape index (κ1) is 12.6. The normalized spacial score (nSPS) is 15.9. The van der Waals surface area contributed by atoms with E-state index in [4.69, 9.17) is 0 Å². The number of carbonyl (C=O) groups excluding carboxylic acids is 1. The van der Waals surface area contributed by atoms with E-state index in [1.54, 1.807) is 13.1 Å². The van der Waals surface area contributed by atoms with Crippen LogP contribution in [0, 0.1) is 0 Å². The molecule has 0 bridgehead atoms. The monoisotopic (exact) mass is 245 g/mol. The van der Waals surface area contributed by atoms with Gasteiger partial charge < -0.3 is 10.2 Å². The van der Waals surface area contributed by atoms with Crippen LogP contribution in [0.4, 0.5) is 5.69 Å². The molecule has 1 N–H and O–H groups in total. The topological polar surface area (TPSA) is 44.7 Å². The second-order valence-corrected chi connectivity index (χ2v) is 4.45. The number of amides is 1. The molecular formula is C14H19N3O. The number of aliphatic imine (C=N–C) groups is 1. The van der Waals surface area contributed by atoms with E-state index in [0.717, 1.165) is 24.6 Å². The van der Waals surface area contributed by atoms with Gasteiger partial charge in [-0.05, 0) is 31.9 Å². The quantitative estimate of drug-likeness (QED) is 0.641. The van der Waals surface area contributed by atoms with Crippen LogP contribution < -0.4 is 5.32 Å². The summed E-state index contributed by atoms with van der Waals surface area (Å²) in [5, 5.41) is 2.64. The molecule has 2 rings (SSSR count). The molecule has 0 spiro atoms. The van der Waals surface area contributed by atoms with E-state index in [2.05, 4.69) is 15.2 Å². The van der Waals surface area contributed by atoms with E-state index in [-0.39, 0.29) is 5.91 Å². The summed E-state index contributed by atoms with van der Waals surface area (Å²) in [5.74, 6) is 0.896. The van der Waals surface area contributed by atoms with Gasteiger partial charge in [-0.15, -0.1) is 0 Å². The third-order valence-corrected chi connectivity index (χ3v) is 3.22. The van der Waals surface area contributed by atoms with Crippen molar-refractivity contribution < 1.29 is 4.79 Å². The van der Waals surface area contributed by atoms with Gasteiger partial charge in [-0.2, -0.15) is 0 Å². The Bertz CT molecular complexity index is 462. The lowest BCUT2D eigenvalue weighted by atomic mass is 10.1. The SMILES string of the molecule is CNC(=O)c1ccccc1N=C(C)N1CCCC1. The summed E-state index contributed by atoms with van der Waals surface area (Å²) in [6.45, 7) is 4.14. The molecule has 1 aliphatic heterocycles. The molecule has 1 saturated heterocycles. The maximum absolute atomic E-state index is 11.7. The Balaban J connectivity index is 2.27. The number of para-hydroxylation sites is 1. The molecule has 1 aromatic carbocycles. The van der Waals surface area contributed by atoms with Crippen LogP contribution >= 0.6 is 0 Å². The summed E-state index contributed by atoms with van der Waals surface area (Å²) in [5.41, 5.74) is 1.36. The van der Waals surface area contributed by atoms with Crippen molar-refractivity contribution in [1.29, 1.82) is 0 Å². The molecule has 1 amide bonds. The van der Waals surface area contributed by atoms with Gasteiger partial charge in [0.25, 0.3) is 5.91 Å². The van der Waals surface area contributed by atoms with E-state index in [9.17, 15) is 4.79 Å². The number of likely N-dealkylation sites (tertiary alicyclic amines) is 1. The van der Waals surface area contributed by atoms with Gasteiger partial charge in [-0.25, -0.2) is 4.99 Å². The Hall–Kier alpha value is -1.84. The standard InChI is InChI=1S/C14H19N3O/c1-11(17-9-5-6-10-17)16-13-8-4-3-7-12(13)14(18)15-2/h3-4,7-8H,5-6,9-10H2,1-2H3,(H,15,18). The highest BCUT2D eigenvalue weighted by Gasteiger charge is 2.14. The number of hydrogen-bond donors (Lipinski definition) is 1. The second kappa shape index (κ2) is 5.67. The molecule has 1 aromatic rings. The maximum Gasteiger partial charge on any atom is 0.253 e. The largest absolute Gasteiger partial charge is 0.360 e. The molecule has 0 unspecified atom stereocenters. The van der Waals surface area contributed by atoms with Gasteiger partial charge in [0, 0.05) is 20.1 Å². The Morgan fingerprint density at radius 1 is 1.28 bits per heavy atom. The van der Waals surface area contributed by atoms with Gasteiger partial charge in [-0.1, -0.05) is 12.1 Å². The molecule has 4 heteroatoms. The zero-order valence-electron chi connectivity index (χ0n) is 10.9. The first-order chi connectivity index (χ1) is 8.72. The summed E-state index contributed by atoms with van der Waals surface area (Å²) in [4.78, 5) is 18.6. The third-order valence-electron chi connectivity index (χ3n) is 3.22. The van der Waals surface area contributed by atoms with E-state index in [0.29, 0.717) is 5.56 Å². The van der Waals surface area contributed by atoms with Gasteiger partial charge in [0.15, 0.2) is 0 Å². The van der Waals surface area contributed by atoms with Crippen LogP contribution in [0.3, 0.4) is 0 Å². The molecule has 1 aliphatic rings. The summed E-state index contributed by atoms with van der Waals surface area (Å²) in [6, 6.07) is 7.44. The zero-order valence-corrected chi connectivity index (χ0v) is 10.9. The minimum Gasteiger partial charge on any atom is -0.360 e. The van der Waals surface area contributed by atoms with Crippen molar-refractivity contribution >= 4 is 17.4 Å². The van der Waals surface area contributed by atoms with Crippen molar-refractivity contribution in [3.8, 4) is 0 Å². The average molecular weight is 245 g/mol. The van der Waals surface area contributed by atoms with Crippen LogP contribution in [0.25, 0.3) is 0 Å². The van der Waals surface area contributed by atoms with Crippen LogP contribution in [0.1, 0.15) is 30.1 Å². The van der Waals surface area contributed by atoms with Gasteiger partial charge in [0.1, 0.15) is 5.84 Å². The Kier molecular flexibility index (Phi) is 3.97. The van der Waals surface area contributed by atoms with Crippen molar-refractivity contribution in [2.24, 2.45) is 4.99 Å². The summed E-state index contributed by atoms with van der Waals surface area (Å²) >= 11 is 0. The minimum atomic E-state index is -0.0939. The van der Waals surface area contributed by atoms with Gasteiger partial charge in [0.05, 0.1) is 11.3 Å². The van der Waals surface area contributed by atoms with Crippen LogP contribution in [0.2, 0.25) is 0 Å². The van der Waals surface area contributed by atoms with Crippen molar-refractivity contribution in [2.45, 2.75) is 19.8 Å². The molecule has 0 atom stereocenters. The van der Waals surface area contributed by atoms with Crippen molar-refractivity contribution in [1.82, 2.24) is 10.2 Å². The zero-order chi connectivity index (χ0) is 13.0. The molecule has 0 aliphatic carbocycles. The predicted molar refractivity (Wildman–Crippen MR) is 73.4 cm³/mol. The van der Waals surface area contributed by atoms with E-state index in [1.165, 1.54) is 12.8 Å². The first-order valence-corrected chi connectivity index (χ1v) is 6.33. The lowest BCUT2D eigenvalue weighted by Crippen LogP contribution is -2.25. The van der Waals surface area contributed by atoms with E-state index >= 15 is 0 Å². The van der Waals surface area contributed by atoms with Crippen molar-refractivity contribution in [3.05, 3.63) is 29.8 Å². The molecule has 4 nitrogen and oxygen atoms in total. The number of nitrogens with zero attached hydrogens (tertiary/aromatic N) is 2. The third kappa shape index (κ3) is 2.70. The van der Waals surface area contributed by atoms with Gasteiger partial charge in [0.2, 0.25) is 0 Å². The molecule has 18 heavy (non-hydrogen) atoms. The molecule has 0 saturated carbocycles. The number of nitrogens with one attached hydrogen (secondary N) is 1. The fourth-order valence-electron chi connectivity index (χ4n) is 2.18. The van der Waals surface area contributed by atoms with E-state index < -0.39 is 0 Å². The van der Waals surface area contributed by atoms with Crippen molar-refractivity contribution in [2.75, 3.05) is 20.1 Å². The molecule has 1 fully saturated rings. The predicted octanol–water partition coefficient (Wildman–Crippen LogP) is 2.19. The minimum absolute atomic E-state index is 0.0939. The molecule has 1 heterocycles. The van der Waals surface area contributed by atoms with Crippen LogP contribution in [0.5, 0.6) is 0 Å². The van der Waals surface area contributed by atoms with Crippen molar-refractivity contribution in [3.63, 3.8) is 0 Å². The highest BCUT2D eigenvalue weighted by Crippen LogP contribution is 2.20. The molecule has 0 aromatic heterocycles. The molecular weight excluding hydrogens is 226 g/mol. The molecule has 0 radical (unpaired) electrons. The Labute approximate surface area is 108 Å². The van der Waals surface area contributed by atoms with E-state index in [1.807, 2.05) is 25.1 Å². The first-order valence-electron chi connectivity index (χ1n) is 6.33. The lowest BCUT2D eigenvalue weighted by Gasteiger charge is -2.17. The maximum atomic E-state index is 11.7. The summed E-state index contributed by atoms with van der Waals surface area (Å²) < 4.78 is 0. The lowest BCUT2D eigenvalue weighted by molar-refractivity contribution is 0.0964. The Morgan fingerprint density at radius 2 is 1.94 bits per heavy atom. The number of carbonyl (C=O) groups is 1. The fourth-order valence-corrected chi connectivity index (χ4v) is 2.18. The highest BCUT2D eigenvalue weighted by molar-refractivity contribution is 6.00. The van der Waals surface area contributed by atoms with Crippen LogP contribution in [-0.4, -0.2) is 36.8 Å². The number of rotatable bonds is 2. The summed E-state index contributed by atoms with van der Waals surface area (Å²) in [7, 11) is 1.64. The summed E-state index contributed by atoms with van der Waals surface area (Å²) in [6.07, 6.45) is 2.45. The fraction of sp³-hybridized carbons (Fsp3) is 0.429. The molecule has 96 valence electrons. The van der Waals surface area contributed by atoms with Crippen LogP contribution in [0.15, 0.2) is 29.3 Å². The van der Waals surface area contributed by atoms with Crippen LogP contribution in [-0.2, 0) is 0 Å². The van der Waals surface area contributed by atoms with Gasteiger partial charge in [-0.3, -0.25) is 4.79 Å². The average Bonchev–Trinajstić information content (AvgIpc) is 2.92. The number of amidine groups is 1. The number of hydrogen-bond acceptors (Lipinski definition) is 2. The second-order valence-electron chi connectivity index (χ2n) is 4.45. The smallest absolute Gasteiger partial charge is 0.253 e.